The molecule has 18 heavy (non-hydrogen) atoms. The zero-order valence-corrected chi connectivity index (χ0v) is 11.9. The van der Waals surface area contributed by atoms with Gasteiger partial charge in [0.25, 0.3) is 0 Å². The van der Waals surface area contributed by atoms with Crippen molar-refractivity contribution < 1.29 is 4.74 Å². The number of thiophene rings is 1. The van der Waals surface area contributed by atoms with Crippen molar-refractivity contribution in [1.29, 1.82) is 0 Å². The molecule has 98 valence electrons. The van der Waals surface area contributed by atoms with Crippen LogP contribution in [0.1, 0.15) is 11.3 Å². The smallest absolute Gasteiger partial charge is 0.138 e. The van der Waals surface area contributed by atoms with Gasteiger partial charge in [-0.25, -0.2) is 9.97 Å². The van der Waals surface area contributed by atoms with Crippen molar-refractivity contribution >= 4 is 39.0 Å². The van der Waals surface area contributed by atoms with E-state index in [0.29, 0.717) is 12.5 Å². The minimum atomic E-state index is 0.550. The molecule has 2 aromatic heterocycles. The molecule has 0 aliphatic carbocycles. The molecule has 2 rings (SSSR count). The topological polar surface area (TPSA) is 47.0 Å². The van der Waals surface area contributed by atoms with Gasteiger partial charge >= 0.3 is 0 Å². The number of halogens is 1. The number of fused-ring (bicyclic) bond motifs is 1. The molecular weight excluding hydrogens is 270 g/mol. The predicted octanol–water partition coefficient (Wildman–Crippen LogP) is 3.06. The predicted molar refractivity (Wildman–Crippen MR) is 76.8 cm³/mol. The van der Waals surface area contributed by atoms with Gasteiger partial charge in [-0.15, -0.1) is 22.9 Å². The summed E-state index contributed by atoms with van der Waals surface area (Å²) in [5, 5.41) is 4.42. The summed E-state index contributed by atoms with van der Waals surface area (Å²) in [6.07, 6.45) is 2.54. The fourth-order valence-corrected chi connectivity index (χ4v) is 2.61. The normalized spacial score (nSPS) is 11.0. The van der Waals surface area contributed by atoms with E-state index in [0.717, 1.165) is 35.6 Å². The summed E-state index contributed by atoms with van der Waals surface area (Å²) in [6, 6.07) is 2.12. The summed E-state index contributed by atoms with van der Waals surface area (Å²) in [5.41, 5.74) is 0. The molecular formula is C12H16ClN3OS. The van der Waals surface area contributed by atoms with Gasteiger partial charge in [0.05, 0.1) is 12.0 Å². The lowest BCUT2D eigenvalue weighted by Gasteiger charge is -2.06. The van der Waals surface area contributed by atoms with Gasteiger partial charge in [-0.2, -0.15) is 0 Å². The maximum Gasteiger partial charge on any atom is 0.138 e. The van der Waals surface area contributed by atoms with Crippen LogP contribution in [0.25, 0.3) is 10.2 Å². The molecule has 0 saturated heterocycles. The molecule has 0 unspecified atom stereocenters. The highest BCUT2D eigenvalue weighted by atomic mass is 35.5. The third-order valence-electron chi connectivity index (χ3n) is 2.43. The van der Waals surface area contributed by atoms with Gasteiger partial charge in [0.2, 0.25) is 0 Å². The van der Waals surface area contributed by atoms with Crippen LogP contribution in [0.2, 0.25) is 0 Å². The Hall–Kier alpha value is -0.910. The molecule has 0 atom stereocenters. The summed E-state index contributed by atoms with van der Waals surface area (Å²) >= 11 is 7.21. The summed E-state index contributed by atoms with van der Waals surface area (Å²) in [7, 11) is 0. The van der Waals surface area contributed by atoms with Crippen molar-refractivity contribution in [3.05, 3.63) is 17.3 Å². The van der Waals surface area contributed by atoms with E-state index in [1.807, 2.05) is 0 Å². The van der Waals surface area contributed by atoms with Gasteiger partial charge in [0.1, 0.15) is 17.0 Å². The number of nitrogens with one attached hydrogen (secondary N) is 1. The molecule has 2 aromatic rings. The van der Waals surface area contributed by atoms with E-state index < -0.39 is 0 Å². The van der Waals surface area contributed by atoms with Crippen molar-refractivity contribution in [3.8, 4) is 0 Å². The second kappa shape index (κ2) is 6.87. The fourth-order valence-electron chi connectivity index (χ4n) is 1.65. The number of aryl methyl sites for hydroxylation is 1. The minimum absolute atomic E-state index is 0.550. The first-order valence-electron chi connectivity index (χ1n) is 5.90. The Morgan fingerprint density at radius 3 is 3.11 bits per heavy atom. The highest BCUT2D eigenvalue weighted by Gasteiger charge is 2.05. The number of nitrogens with zero attached hydrogens (tertiary/aromatic N) is 2. The standard InChI is InChI=1S/C12H16ClN3OS/c1-9-7-10-11(15-8-16-12(10)18-9)14-4-2-5-17-6-3-13/h7-8H,2-6H2,1H3,(H,14,15,16). The lowest BCUT2D eigenvalue weighted by Crippen LogP contribution is -2.08. The van der Waals surface area contributed by atoms with Gasteiger partial charge in [0, 0.05) is 23.9 Å². The summed E-state index contributed by atoms with van der Waals surface area (Å²) in [6.45, 7) is 4.25. The molecule has 0 fully saturated rings. The molecule has 0 radical (unpaired) electrons. The number of alkyl halides is 1. The van der Waals surface area contributed by atoms with E-state index in [-0.39, 0.29) is 0 Å². The summed E-state index contributed by atoms with van der Waals surface area (Å²) in [5.74, 6) is 1.45. The molecule has 6 heteroatoms. The molecule has 0 saturated carbocycles. The Morgan fingerprint density at radius 1 is 1.39 bits per heavy atom. The Labute approximate surface area is 115 Å². The van der Waals surface area contributed by atoms with Crippen molar-refractivity contribution in [2.24, 2.45) is 0 Å². The van der Waals surface area contributed by atoms with E-state index in [2.05, 4.69) is 28.3 Å². The van der Waals surface area contributed by atoms with Crippen molar-refractivity contribution in [3.63, 3.8) is 0 Å². The van der Waals surface area contributed by atoms with Crippen molar-refractivity contribution in [1.82, 2.24) is 9.97 Å². The molecule has 2 heterocycles. The third-order valence-corrected chi connectivity index (χ3v) is 3.54. The maximum atomic E-state index is 5.52. The van der Waals surface area contributed by atoms with Crippen LogP contribution in [0.3, 0.4) is 0 Å². The highest BCUT2D eigenvalue weighted by Crippen LogP contribution is 2.27. The Balaban J connectivity index is 1.87. The molecule has 0 aliphatic rings. The van der Waals surface area contributed by atoms with E-state index in [4.69, 9.17) is 16.3 Å². The van der Waals surface area contributed by atoms with Crippen LogP contribution in [0.4, 0.5) is 5.82 Å². The SMILES string of the molecule is Cc1cc2c(NCCCOCCCl)ncnc2s1. The molecule has 0 aliphatic heterocycles. The number of aromatic nitrogens is 2. The van der Waals surface area contributed by atoms with E-state index in [1.165, 1.54) is 4.88 Å². The van der Waals surface area contributed by atoms with Crippen LogP contribution in [-0.2, 0) is 4.74 Å². The second-order valence-corrected chi connectivity index (χ2v) is 5.49. The quantitative estimate of drug-likeness (QED) is 0.627. The first-order valence-corrected chi connectivity index (χ1v) is 7.25. The highest BCUT2D eigenvalue weighted by molar-refractivity contribution is 7.18. The van der Waals surface area contributed by atoms with Crippen LogP contribution in [0, 0.1) is 6.92 Å². The number of anilines is 1. The fraction of sp³-hybridized carbons (Fsp3) is 0.500. The van der Waals surface area contributed by atoms with Crippen molar-refractivity contribution in [2.75, 3.05) is 31.0 Å². The van der Waals surface area contributed by atoms with Gasteiger partial charge in [-0.05, 0) is 19.4 Å². The molecule has 1 N–H and O–H groups in total. The molecule has 4 nitrogen and oxygen atoms in total. The molecule has 0 aromatic carbocycles. The largest absolute Gasteiger partial charge is 0.380 e. The second-order valence-electron chi connectivity index (χ2n) is 3.88. The monoisotopic (exact) mass is 285 g/mol. The summed E-state index contributed by atoms with van der Waals surface area (Å²) in [4.78, 5) is 10.8. The van der Waals surface area contributed by atoms with E-state index >= 15 is 0 Å². The Bertz CT molecular complexity index is 503. The molecule has 0 bridgehead atoms. The van der Waals surface area contributed by atoms with Gasteiger partial charge in [0.15, 0.2) is 0 Å². The third kappa shape index (κ3) is 3.54. The lowest BCUT2D eigenvalue weighted by molar-refractivity contribution is 0.149. The average molecular weight is 286 g/mol. The Morgan fingerprint density at radius 2 is 2.28 bits per heavy atom. The van der Waals surface area contributed by atoms with Crippen LogP contribution in [0.15, 0.2) is 12.4 Å². The van der Waals surface area contributed by atoms with E-state index in [9.17, 15) is 0 Å². The van der Waals surface area contributed by atoms with Gasteiger partial charge < -0.3 is 10.1 Å². The lowest BCUT2D eigenvalue weighted by atomic mass is 10.3. The zero-order valence-electron chi connectivity index (χ0n) is 10.3. The number of hydrogen-bond acceptors (Lipinski definition) is 5. The minimum Gasteiger partial charge on any atom is -0.380 e. The Kier molecular flexibility index (Phi) is 5.16. The maximum absolute atomic E-state index is 5.52. The van der Waals surface area contributed by atoms with Gasteiger partial charge in [-0.1, -0.05) is 0 Å². The number of rotatable bonds is 7. The summed E-state index contributed by atoms with van der Waals surface area (Å²) < 4.78 is 5.31. The first kappa shape index (κ1) is 13.5. The van der Waals surface area contributed by atoms with Crippen LogP contribution >= 0.6 is 22.9 Å². The molecule has 0 amide bonds. The molecule has 0 spiro atoms. The zero-order chi connectivity index (χ0) is 12.8. The first-order chi connectivity index (χ1) is 8.81. The van der Waals surface area contributed by atoms with Crippen LogP contribution in [0.5, 0.6) is 0 Å². The van der Waals surface area contributed by atoms with Gasteiger partial charge in [-0.3, -0.25) is 0 Å². The average Bonchev–Trinajstić information content (AvgIpc) is 2.74. The van der Waals surface area contributed by atoms with E-state index in [1.54, 1.807) is 17.7 Å². The number of ether oxygens (including phenoxy) is 1. The van der Waals surface area contributed by atoms with Crippen molar-refractivity contribution in [2.45, 2.75) is 13.3 Å². The number of hydrogen-bond donors (Lipinski definition) is 1. The van der Waals surface area contributed by atoms with Crippen LogP contribution in [-0.4, -0.2) is 35.6 Å². The van der Waals surface area contributed by atoms with Crippen LogP contribution < -0.4 is 5.32 Å².